The van der Waals surface area contributed by atoms with E-state index in [0.29, 0.717) is 18.4 Å². The van der Waals surface area contributed by atoms with Gasteiger partial charge in [0, 0.05) is 64.8 Å². The maximum Gasteiger partial charge on any atom is 0.224 e. The number of piperazine rings is 2. The highest BCUT2D eigenvalue weighted by atomic mass is 16.2. The third-order valence-electron chi connectivity index (χ3n) is 3.71. The number of nitrogens with zero attached hydrogens (tertiary/aromatic N) is 2. The van der Waals surface area contributed by atoms with Gasteiger partial charge in [0.1, 0.15) is 0 Å². The lowest BCUT2D eigenvalue weighted by atomic mass is 10.1. The highest BCUT2D eigenvalue weighted by Crippen LogP contribution is 2.08. The van der Waals surface area contributed by atoms with Crippen LogP contribution in [0, 0.1) is 0 Å². The lowest BCUT2D eigenvalue weighted by Gasteiger charge is -2.34. The van der Waals surface area contributed by atoms with Crippen molar-refractivity contribution >= 4 is 5.91 Å². The Hall–Kier alpha value is -0.650. The molecule has 0 aromatic carbocycles. The molecule has 1 unspecified atom stereocenters. The van der Waals surface area contributed by atoms with Crippen LogP contribution in [0.1, 0.15) is 13.3 Å². The van der Waals surface area contributed by atoms with Gasteiger partial charge in [-0.05, 0) is 6.92 Å². The molecule has 0 aromatic rings. The molecule has 0 bridgehead atoms. The fraction of sp³-hybridized carbons (Fsp3) is 0.917. The predicted molar refractivity (Wildman–Crippen MR) is 68.0 cm³/mol. The minimum absolute atomic E-state index is 0.317. The summed E-state index contributed by atoms with van der Waals surface area (Å²) in [6.45, 7) is 10.0. The van der Waals surface area contributed by atoms with E-state index < -0.39 is 0 Å². The first-order valence-corrected chi connectivity index (χ1v) is 6.70. The van der Waals surface area contributed by atoms with E-state index in [1.807, 2.05) is 4.90 Å². The predicted octanol–water partition coefficient (Wildman–Crippen LogP) is -0.898. The minimum Gasteiger partial charge on any atom is -0.340 e. The highest BCUT2D eigenvalue weighted by Gasteiger charge is 2.22. The SMILES string of the molecule is CC(CC(=O)N1CCNCC1)N1CCNCC1. The van der Waals surface area contributed by atoms with Crippen LogP contribution in [0.5, 0.6) is 0 Å². The maximum atomic E-state index is 12.1. The number of amides is 1. The van der Waals surface area contributed by atoms with Gasteiger partial charge in [-0.1, -0.05) is 0 Å². The Morgan fingerprint density at radius 2 is 1.59 bits per heavy atom. The van der Waals surface area contributed by atoms with Crippen LogP contribution in [-0.2, 0) is 4.79 Å². The molecule has 2 rings (SSSR count). The van der Waals surface area contributed by atoms with E-state index in [1.165, 1.54) is 0 Å². The number of carbonyl (C=O) groups is 1. The van der Waals surface area contributed by atoms with Crippen molar-refractivity contribution in [3.05, 3.63) is 0 Å². The molecular formula is C12H24N4O. The molecule has 5 heteroatoms. The van der Waals surface area contributed by atoms with Gasteiger partial charge in [0.25, 0.3) is 0 Å². The summed E-state index contributed by atoms with van der Waals surface area (Å²) in [7, 11) is 0. The van der Waals surface area contributed by atoms with Crippen molar-refractivity contribution in [2.24, 2.45) is 0 Å². The summed E-state index contributed by atoms with van der Waals surface area (Å²) >= 11 is 0. The Kier molecular flexibility index (Phi) is 4.76. The number of hydrogen-bond acceptors (Lipinski definition) is 4. The lowest BCUT2D eigenvalue weighted by Crippen LogP contribution is -2.51. The van der Waals surface area contributed by atoms with Crippen molar-refractivity contribution in [3.63, 3.8) is 0 Å². The van der Waals surface area contributed by atoms with Crippen molar-refractivity contribution in [1.29, 1.82) is 0 Å². The van der Waals surface area contributed by atoms with Crippen LogP contribution in [0.15, 0.2) is 0 Å². The molecule has 2 aliphatic rings. The summed E-state index contributed by atoms with van der Waals surface area (Å²) in [6, 6.07) is 0.375. The zero-order valence-electron chi connectivity index (χ0n) is 10.7. The Balaban J connectivity index is 1.76. The number of hydrogen-bond donors (Lipinski definition) is 2. The zero-order chi connectivity index (χ0) is 12.1. The average Bonchev–Trinajstić information content (AvgIpc) is 2.40. The molecule has 1 atom stereocenters. The molecule has 5 nitrogen and oxygen atoms in total. The summed E-state index contributed by atoms with van der Waals surface area (Å²) in [5, 5.41) is 6.61. The van der Waals surface area contributed by atoms with Gasteiger partial charge < -0.3 is 15.5 Å². The van der Waals surface area contributed by atoms with Crippen LogP contribution in [-0.4, -0.2) is 74.1 Å². The average molecular weight is 240 g/mol. The molecule has 2 heterocycles. The van der Waals surface area contributed by atoms with Gasteiger partial charge in [-0.2, -0.15) is 0 Å². The van der Waals surface area contributed by atoms with Crippen LogP contribution in [0.3, 0.4) is 0 Å². The fourth-order valence-corrected chi connectivity index (χ4v) is 2.55. The molecule has 1 amide bonds. The van der Waals surface area contributed by atoms with Crippen molar-refractivity contribution in [2.45, 2.75) is 19.4 Å². The smallest absolute Gasteiger partial charge is 0.224 e. The normalized spacial score (nSPS) is 24.6. The second-order valence-corrected chi connectivity index (χ2v) is 4.97. The van der Waals surface area contributed by atoms with E-state index in [4.69, 9.17) is 0 Å². The molecule has 2 N–H and O–H groups in total. The maximum absolute atomic E-state index is 12.1. The fourth-order valence-electron chi connectivity index (χ4n) is 2.55. The molecular weight excluding hydrogens is 216 g/mol. The Morgan fingerprint density at radius 1 is 1.06 bits per heavy atom. The van der Waals surface area contributed by atoms with Crippen molar-refractivity contribution in [3.8, 4) is 0 Å². The van der Waals surface area contributed by atoms with Crippen LogP contribution < -0.4 is 10.6 Å². The standard InChI is InChI=1S/C12H24N4O/c1-11(15-6-2-13-3-7-15)10-12(17)16-8-4-14-5-9-16/h11,13-14H,2-10H2,1H3. The molecule has 2 saturated heterocycles. The van der Waals surface area contributed by atoms with Crippen LogP contribution >= 0.6 is 0 Å². The molecule has 0 spiro atoms. The molecule has 2 aliphatic heterocycles. The van der Waals surface area contributed by atoms with E-state index in [-0.39, 0.29) is 0 Å². The number of nitrogens with one attached hydrogen (secondary N) is 2. The lowest BCUT2D eigenvalue weighted by molar-refractivity contribution is -0.133. The van der Waals surface area contributed by atoms with Gasteiger partial charge in [-0.3, -0.25) is 9.69 Å². The molecule has 0 radical (unpaired) electrons. The van der Waals surface area contributed by atoms with Gasteiger partial charge in [0.05, 0.1) is 0 Å². The van der Waals surface area contributed by atoms with Crippen molar-refractivity contribution in [1.82, 2.24) is 20.4 Å². The van der Waals surface area contributed by atoms with Gasteiger partial charge >= 0.3 is 0 Å². The second kappa shape index (κ2) is 6.33. The Bertz CT molecular complexity index is 247. The van der Waals surface area contributed by atoms with Gasteiger partial charge in [-0.25, -0.2) is 0 Å². The van der Waals surface area contributed by atoms with E-state index in [1.54, 1.807) is 0 Å². The topological polar surface area (TPSA) is 47.6 Å². The van der Waals surface area contributed by atoms with Crippen molar-refractivity contribution in [2.75, 3.05) is 52.4 Å². The molecule has 2 fully saturated rings. The van der Waals surface area contributed by atoms with Crippen molar-refractivity contribution < 1.29 is 4.79 Å². The Morgan fingerprint density at radius 3 is 2.18 bits per heavy atom. The molecule has 98 valence electrons. The molecule has 0 aromatic heterocycles. The highest BCUT2D eigenvalue weighted by molar-refractivity contribution is 5.76. The third kappa shape index (κ3) is 3.66. The van der Waals surface area contributed by atoms with Crippen LogP contribution in [0.4, 0.5) is 0 Å². The van der Waals surface area contributed by atoms with Gasteiger partial charge in [0.2, 0.25) is 5.91 Å². The first-order valence-electron chi connectivity index (χ1n) is 6.70. The van der Waals surface area contributed by atoms with E-state index in [9.17, 15) is 4.79 Å². The molecule has 17 heavy (non-hydrogen) atoms. The first kappa shape index (κ1) is 12.8. The number of rotatable bonds is 3. The third-order valence-corrected chi connectivity index (χ3v) is 3.71. The minimum atomic E-state index is 0.317. The van der Waals surface area contributed by atoms with E-state index >= 15 is 0 Å². The summed E-state index contributed by atoms with van der Waals surface area (Å²) in [6.07, 6.45) is 0.667. The number of carbonyl (C=O) groups excluding carboxylic acids is 1. The largest absolute Gasteiger partial charge is 0.340 e. The van der Waals surface area contributed by atoms with E-state index in [2.05, 4.69) is 22.5 Å². The second-order valence-electron chi connectivity index (χ2n) is 4.97. The van der Waals surface area contributed by atoms with Crippen LogP contribution in [0.25, 0.3) is 0 Å². The Labute approximate surface area is 104 Å². The van der Waals surface area contributed by atoms with Crippen LogP contribution in [0.2, 0.25) is 0 Å². The molecule has 0 saturated carbocycles. The monoisotopic (exact) mass is 240 g/mol. The summed E-state index contributed by atoms with van der Waals surface area (Å²) < 4.78 is 0. The summed E-state index contributed by atoms with van der Waals surface area (Å²) in [5.74, 6) is 0.317. The quantitative estimate of drug-likeness (QED) is 0.671. The molecule has 0 aliphatic carbocycles. The summed E-state index contributed by atoms with van der Waals surface area (Å²) in [4.78, 5) is 16.5. The van der Waals surface area contributed by atoms with Gasteiger partial charge in [0.15, 0.2) is 0 Å². The van der Waals surface area contributed by atoms with E-state index in [0.717, 1.165) is 52.4 Å². The zero-order valence-corrected chi connectivity index (χ0v) is 10.7. The first-order chi connectivity index (χ1) is 8.27. The van der Waals surface area contributed by atoms with Gasteiger partial charge in [-0.15, -0.1) is 0 Å². The summed E-state index contributed by atoms with van der Waals surface area (Å²) in [5.41, 5.74) is 0.